The molecule has 2 atom stereocenters. The lowest BCUT2D eigenvalue weighted by molar-refractivity contribution is -0.138. The first-order valence-electron chi connectivity index (χ1n) is 3.44. The zero-order valence-electron chi connectivity index (χ0n) is 6.36. The third-order valence-electron chi connectivity index (χ3n) is 1.43. The van der Waals surface area contributed by atoms with Gasteiger partial charge in [0.2, 0.25) is 0 Å². The van der Waals surface area contributed by atoms with Gasteiger partial charge in [-0.1, -0.05) is 6.08 Å². The van der Waals surface area contributed by atoms with Gasteiger partial charge in [0, 0.05) is 6.04 Å². The fourth-order valence-corrected chi connectivity index (χ4v) is 0.613. The van der Waals surface area contributed by atoms with E-state index in [1.54, 1.807) is 6.08 Å². The minimum atomic E-state index is -0.985. The van der Waals surface area contributed by atoms with Crippen LogP contribution in [0.2, 0.25) is 0 Å². The summed E-state index contributed by atoms with van der Waals surface area (Å²) >= 11 is 0. The largest absolute Gasteiger partial charge is 0.480 e. The molecule has 4 heteroatoms. The summed E-state index contributed by atoms with van der Waals surface area (Å²) in [4.78, 5) is 10.2. The molecule has 11 heavy (non-hydrogen) atoms. The molecule has 0 spiro atoms. The van der Waals surface area contributed by atoms with E-state index in [2.05, 4.69) is 6.58 Å². The van der Waals surface area contributed by atoms with E-state index < -0.39 is 12.0 Å². The number of carboxylic acid groups (broad SMARTS) is 1. The van der Waals surface area contributed by atoms with Gasteiger partial charge in [-0.3, -0.25) is 4.79 Å². The Kier molecular flexibility index (Phi) is 4.49. The molecule has 0 fully saturated rings. The lowest BCUT2D eigenvalue weighted by Gasteiger charge is -2.08. The maximum absolute atomic E-state index is 10.2. The van der Waals surface area contributed by atoms with Crippen LogP contribution in [0.25, 0.3) is 0 Å². The lowest BCUT2D eigenvalue weighted by Crippen LogP contribution is -2.32. The molecule has 0 bridgehead atoms. The summed E-state index contributed by atoms with van der Waals surface area (Å²) in [5.41, 5.74) is 10.7. The Hall–Kier alpha value is -0.870. The van der Waals surface area contributed by atoms with Gasteiger partial charge in [0.1, 0.15) is 6.04 Å². The van der Waals surface area contributed by atoms with Gasteiger partial charge >= 0.3 is 5.97 Å². The third kappa shape index (κ3) is 4.52. The fourth-order valence-electron chi connectivity index (χ4n) is 0.613. The van der Waals surface area contributed by atoms with Crippen molar-refractivity contribution in [3.05, 3.63) is 12.7 Å². The monoisotopic (exact) mass is 158 g/mol. The SMILES string of the molecule is C=CC(N)CC[C@H](N)C(=O)O. The Balaban J connectivity index is 3.53. The molecule has 0 saturated carbocycles. The molecular formula is C7H14N2O2. The van der Waals surface area contributed by atoms with E-state index in [-0.39, 0.29) is 6.04 Å². The standard InChI is InChI=1S/C7H14N2O2/c1-2-5(8)3-4-6(9)7(10)11/h2,5-6H,1,3-4,8-9H2,(H,10,11)/t5?,6-/m0/s1. The number of aliphatic carboxylic acids is 1. The fraction of sp³-hybridized carbons (Fsp3) is 0.571. The minimum Gasteiger partial charge on any atom is -0.480 e. The molecule has 1 unspecified atom stereocenters. The molecule has 0 aromatic heterocycles. The second-order valence-corrected chi connectivity index (χ2v) is 2.42. The number of rotatable bonds is 5. The van der Waals surface area contributed by atoms with E-state index in [1.165, 1.54) is 0 Å². The first kappa shape index (κ1) is 10.1. The quantitative estimate of drug-likeness (QED) is 0.479. The summed E-state index contributed by atoms with van der Waals surface area (Å²) in [6.07, 6.45) is 2.54. The van der Waals surface area contributed by atoms with Crippen molar-refractivity contribution in [2.45, 2.75) is 24.9 Å². The molecule has 0 saturated heterocycles. The van der Waals surface area contributed by atoms with Crippen molar-refractivity contribution in [1.29, 1.82) is 0 Å². The molecule has 0 rings (SSSR count). The summed E-state index contributed by atoms with van der Waals surface area (Å²) in [6.45, 7) is 3.47. The zero-order chi connectivity index (χ0) is 8.85. The first-order valence-corrected chi connectivity index (χ1v) is 3.44. The molecule has 0 aromatic rings. The molecule has 0 aliphatic heterocycles. The van der Waals surface area contributed by atoms with Crippen molar-refractivity contribution in [3.63, 3.8) is 0 Å². The van der Waals surface area contributed by atoms with E-state index in [1.807, 2.05) is 0 Å². The molecule has 0 aliphatic carbocycles. The summed E-state index contributed by atoms with van der Waals surface area (Å²) in [5, 5.41) is 8.38. The van der Waals surface area contributed by atoms with Crippen LogP contribution in [-0.2, 0) is 4.79 Å². The van der Waals surface area contributed by atoms with Gasteiger partial charge in [-0.05, 0) is 12.8 Å². The Morgan fingerprint density at radius 1 is 1.55 bits per heavy atom. The van der Waals surface area contributed by atoms with Crippen LogP contribution in [0.1, 0.15) is 12.8 Å². The number of hydrogen-bond acceptors (Lipinski definition) is 3. The lowest BCUT2D eigenvalue weighted by atomic mass is 10.1. The van der Waals surface area contributed by atoms with Crippen LogP contribution in [0, 0.1) is 0 Å². The highest BCUT2D eigenvalue weighted by molar-refractivity contribution is 5.72. The molecule has 0 aliphatic rings. The predicted octanol–water partition coefficient (Wildman–Crippen LogP) is -0.308. The van der Waals surface area contributed by atoms with Crippen LogP contribution in [0.15, 0.2) is 12.7 Å². The van der Waals surface area contributed by atoms with Crippen molar-refractivity contribution < 1.29 is 9.90 Å². The minimum absolute atomic E-state index is 0.152. The molecule has 0 amide bonds. The third-order valence-corrected chi connectivity index (χ3v) is 1.43. The van der Waals surface area contributed by atoms with E-state index >= 15 is 0 Å². The zero-order valence-corrected chi connectivity index (χ0v) is 6.36. The molecule has 0 aromatic carbocycles. The van der Waals surface area contributed by atoms with E-state index in [0.29, 0.717) is 12.8 Å². The second-order valence-electron chi connectivity index (χ2n) is 2.42. The summed E-state index contributed by atoms with van der Waals surface area (Å²) in [7, 11) is 0. The Bertz CT molecular complexity index is 147. The number of carboxylic acids is 1. The molecule has 0 radical (unpaired) electrons. The van der Waals surface area contributed by atoms with Crippen LogP contribution in [-0.4, -0.2) is 23.2 Å². The number of nitrogens with two attached hydrogens (primary N) is 2. The number of carbonyl (C=O) groups is 1. The van der Waals surface area contributed by atoms with Crippen LogP contribution in [0.3, 0.4) is 0 Å². The van der Waals surface area contributed by atoms with Gasteiger partial charge in [-0.25, -0.2) is 0 Å². The summed E-state index contributed by atoms with van der Waals surface area (Å²) in [5.74, 6) is -0.985. The van der Waals surface area contributed by atoms with E-state index in [9.17, 15) is 4.79 Å². The van der Waals surface area contributed by atoms with Gasteiger partial charge in [-0.15, -0.1) is 6.58 Å². The molecule has 5 N–H and O–H groups in total. The van der Waals surface area contributed by atoms with Crippen molar-refractivity contribution >= 4 is 5.97 Å². The van der Waals surface area contributed by atoms with Crippen LogP contribution in [0.5, 0.6) is 0 Å². The maximum Gasteiger partial charge on any atom is 0.320 e. The Morgan fingerprint density at radius 2 is 2.09 bits per heavy atom. The topological polar surface area (TPSA) is 89.3 Å². The number of hydrogen-bond donors (Lipinski definition) is 3. The predicted molar refractivity (Wildman–Crippen MR) is 43.0 cm³/mol. The Labute approximate surface area is 65.9 Å². The average molecular weight is 158 g/mol. The van der Waals surface area contributed by atoms with Crippen molar-refractivity contribution in [2.24, 2.45) is 11.5 Å². The molecule has 0 heterocycles. The highest BCUT2D eigenvalue weighted by Gasteiger charge is 2.11. The highest BCUT2D eigenvalue weighted by Crippen LogP contribution is 1.98. The summed E-state index contributed by atoms with van der Waals surface area (Å²) in [6, 6.07) is -0.957. The molecule has 64 valence electrons. The average Bonchev–Trinajstić information content (AvgIpc) is 1.99. The smallest absolute Gasteiger partial charge is 0.320 e. The van der Waals surface area contributed by atoms with Crippen molar-refractivity contribution in [1.82, 2.24) is 0 Å². The second kappa shape index (κ2) is 4.87. The van der Waals surface area contributed by atoms with Crippen molar-refractivity contribution in [2.75, 3.05) is 0 Å². The van der Waals surface area contributed by atoms with Crippen LogP contribution < -0.4 is 11.5 Å². The van der Waals surface area contributed by atoms with Gasteiger partial charge in [-0.2, -0.15) is 0 Å². The van der Waals surface area contributed by atoms with Gasteiger partial charge in [0.15, 0.2) is 0 Å². The molecular weight excluding hydrogens is 144 g/mol. The molecule has 4 nitrogen and oxygen atoms in total. The maximum atomic E-state index is 10.2. The Morgan fingerprint density at radius 3 is 2.45 bits per heavy atom. The van der Waals surface area contributed by atoms with Gasteiger partial charge in [0.25, 0.3) is 0 Å². The van der Waals surface area contributed by atoms with Crippen LogP contribution >= 0.6 is 0 Å². The highest BCUT2D eigenvalue weighted by atomic mass is 16.4. The van der Waals surface area contributed by atoms with Crippen molar-refractivity contribution in [3.8, 4) is 0 Å². The first-order chi connectivity index (χ1) is 5.07. The van der Waals surface area contributed by atoms with Crippen LogP contribution in [0.4, 0.5) is 0 Å². The van der Waals surface area contributed by atoms with E-state index in [0.717, 1.165) is 0 Å². The van der Waals surface area contributed by atoms with Gasteiger partial charge in [0.05, 0.1) is 0 Å². The normalized spacial score (nSPS) is 15.5. The van der Waals surface area contributed by atoms with E-state index in [4.69, 9.17) is 16.6 Å². The summed E-state index contributed by atoms with van der Waals surface area (Å²) < 4.78 is 0. The van der Waals surface area contributed by atoms with Gasteiger partial charge < -0.3 is 16.6 Å².